The summed E-state index contributed by atoms with van der Waals surface area (Å²) < 4.78 is 12.6. The van der Waals surface area contributed by atoms with Crippen LogP contribution in [0.5, 0.6) is 11.5 Å². The number of esters is 1. The van der Waals surface area contributed by atoms with Crippen molar-refractivity contribution in [1.82, 2.24) is 4.57 Å². The SMILES string of the molecule is CCCCCCCCn1c(=O)c(OC(C)=O)c(OCCCC)c2ccc([N+](=O)[O-])cc21. The third kappa shape index (κ3) is 6.54. The molecule has 8 nitrogen and oxygen atoms in total. The summed E-state index contributed by atoms with van der Waals surface area (Å²) in [6, 6.07) is 4.31. The van der Waals surface area contributed by atoms with Crippen molar-refractivity contribution < 1.29 is 19.2 Å². The van der Waals surface area contributed by atoms with Gasteiger partial charge in [-0.15, -0.1) is 0 Å². The Labute approximate surface area is 182 Å². The van der Waals surface area contributed by atoms with Crippen LogP contribution < -0.4 is 15.0 Å². The van der Waals surface area contributed by atoms with Gasteiger partial charge in [0.2, 0.25) is 5.75 Å². The van der Waals surface area contributed by atoms with E-state index in [0.29, 0.717) is 24.1 Å². The predicted molar refractivity (Wildman–Crippen MR) is 120 cm³/mol. The molecule has 0 aliphatic carbocycles. The van der Waals surface area contributed by atoms with Crippen molar-refractivity contribution in [2.24, 2.45) is 0 Å². The largest absolute Gasteiger partial charge is 0.489 e. The van der Waals surface area contributed by atoms with Crippen LogP contribution in [0.3, 0.4) is 0 Å². The lowest BCUT2D eigenvalue weighted by atomic mass is 10.1. The molecule has 8 heteroatoms. The molecule has 0 aliphatic rings. The maximum atomic E-state index is 13.3. The van der Waals surface area contributed by atoms with Crippen LogP contribution in [-0.2, 0) is 11.3 Å². The van der Waals surface area contributed by atoms with Crippen molar-refractivity contribution in [2.75, 3.05) is 6.61 Å². The lowest BCUT2D eigenvalue weighted by Gasteiger charge is -2.17. The summed E-state index contributed by atoms with van der Waals surface area (Å²) >= 11 is 0. The van der Waals surface area contributed by atoms with Gasteiger partial charge in [-0.3, -0.25) is 19.7 Å². The van der Waals surface area contributed by atoms with E-state index in [9.17, 15) is 19.7 Å². The number of aryl methyl sites for hydroxylation is 1. The highest BCUT2D eigenvalue weighted by molar-refractivity contribution is 5.90. The molecule has 2 rings (SSSR count). The third-order valence-electron chi connectivity index (χ3n) is 5.10. The number of nitro benzene ring substituents is 1. The number of carbonyl (C=O) groups is 1. The quantitative estimate of drug-likeness (QED) is 0.182. The summed E-state index contributed by atoms with van der Waals surface area (Å²) in [5.41, 5.74) is -0.207. The molecule has 0 bridgehead atoms. The van der Waals surface area contributed by atoms with E-state index in [-0.39, 0.29) is 17.2 Å². The molecule has 1 aromatic heterocycles. The molecule has 2 aromatic rings. The lowest BCUT2D eigenvalue weighted by Crippen LogP contribution is -2.25. The molecule has 1 aromatic carbocycles. The number of non-ortho nitro benzene ring substituents is 1. The molecule has 0 N–H and O–H groups in total. The van der Waals surface area contributed by atoms with Gasteiger partial charge in [0.25, 0.3) is 11.2 Å². The summed E-state index contributed by atoms with van der Waals surface area (Å²) in [5.74, 6) is -0.612. The van der Waals surface area contributed by atoms with Crippen molar-refractivity contribution in [1.29, 1.82) is 0 Å². The molecule has 31 heavy (non-hydrogen) atoms. The van der Waals surface area contributed by atoms with Gasteiger partial charge in [0.05, 0.1) is 17.0 Å². The minimum atomic E-state index is -0.621. The van der Waals surface area contributed by atoms with Crippen LogP contribution in [0.2, 0.25) is 0 Å². The summed E-state index contributed by atoms with van der Waals surface area (Å²) in [6.45, 7) is 6.12. The average Bonchev–Trinajstić information content (AvgIpc) is 2.73. The fourth-order valence-electron chi connectivity index (χ4n) is 3.47. The average molecular weight is 433 g/mol. The number of aromatic nitrogens is 1. The van der Waals surface area contributed by atoms with E-state index >= 15 is 0 Å². The zero-order valence-electron chi connectivity index (χ0n) is 18.6. The molecule has 0 atom stereocenters. The lowest BCUT2D eigenvalue weighted by molar-refractivity contribution is -0.384. The highest BCUT2D eigenvalue weighted by Gasteiger charge is 2.22. The summed E-state index contributed by atoms with van der Waals surface area (Å²) in [4.78, 5) is 35.8. The topological polar surface area (TPSA) is 101 Å². The van der Waals surface area contributed by atoms with Gasteiger partial charge in [-0.25, -0.2) is 0 Å². The van der Waals surface area contributed by atoms with Crippen LogP contribution in [0.15, 0.2) is 23.0 Å². The Morgan fingerprint density at radius 1 is 1.03 bits per heavy atom. The normalized spacial score (nSPS) is 10.9. The Morgan fingerprint density at radius 2 is 1.71 bits per heavy atom. The number of rotatable bonds is 13. The molecule has 170 valence electrons. The maximum Gasteiger partial charge on any atom is 0.308 e. The van der Waals surface area contributed by atoms with Gasteiger partial charge in [-0.2, -0.15) is 0 Å². The van der Waals surface area contributed by atoms with E-state index in [0.717, 1.165) is 44.9 Å². The second-order valence-corrected chi connectivity index (χ2v) is 7.64. The van der Waals surface area contributed by atoms with Gasteiger partial charge >= 0.3 is 5.97 Å². The summed E-state index contributed by atoms with van der Waals surface area (Å²) in [5, 5.41) is 11.8. The van der Waals surface area contributed by atoms with E-state index < -0.39 is 16.5 Å². The Hall–Kier alpha value is -2.90. The summed E-state index contributed by atoms with van der Waals surface area (Å²) in [6.07, 6.45) is 7.87. The predicted octanol–water partition coefficient (Wildman–Crippen LogP) is 5.37. The number of pyridine rings is 1. The first-order valence-corrected chi connectivity index (χ1v) is 11.1. The second kappa shape index (κ2) is 12.1. The van der Waals surface area contributed by atoms with Gasteiger partial charge < -0.3 is 14.0 Å². The fourth-order valence-corrected chi connectivity index (χ4v) is 3.47. The van der Waals surface area contributed by atoms with Crippen molar-refractivity contribution in [3.05, 3.63) is 38.7 Å². The molecule has 0 saturated carbocycles. The number of hydrogen-bond acceptors (Lipinski definition) is 6. The van der Waals surface area contributed by atoms with E-state index in [1.54, 1.807) is 6.07 Å². The highest BCUT2D eigenvalue weighted by Crippen LogP contribution is 2.35. The molecular formula is C23H32N2O6. The number of ether oxygens (including phenoxy) is 2. The van der Waals surface area contributed by atoms with Gasteiger partial charge in [0.1, 0.15) is 0 Å². The molecule has 0 unspecified atom stereocenters. The number of unbranched alkanes of at least 4 members (excludes halogenated alkanes) is 6. The maximum absolute atomic E-state index is 13.3. The van der Waals surface area contributed by atoms with Gasteiger partial charge in [0, 0.05) is 31.0 Å². The minimum Gasteiger partial charge on any atom is -0.489 e. The standard InChI is InChI=1S/C23H32N2O6/c1-4-6-8-9-10-11-14-24-20-16-18(25(28)29)12-13-19(20)21(30-15-7-5-2)22(23(24)27)31-17(3)26/h12-13,16H,4-11,14-15H2,1-3H3. The zero-order valence-corrected chi connectivity index (χ0v) is 18.6. The number of hydrogen-bond donors (Lipinski definition) is 0. The monoisotopic (exact) mass is 432 g/mol. The number of carbonyl (C=O) groups excluding carboxylic acids is 1. The number of nitrogens with zero attached hydrogens (tertiary/aromatic N) is 2. The smallest absolute Gasteiger partial charge is 0.308 e. The van der Waals surface area contributed by atoms with E-state index in [1.807, 2.05) is 6.92 Å². The molecule has 0 saturated heterocycles. The first-order chi connectivity index (χ1) is 14.9. The van der Waals surface area contributed by atoms with Crippen molar-refractivity contribution in [2.45, 2.75) is 78.7 Å². The van der Waals surface area contributed by atoms with Crippen molar-refractivity contribution in [3.63, 3.8) is 0 Å². The van der Waals surface area contributed by atoms with Gasteiger partial charge in [0.15, 0.2) is 5.75 Å². The van der Waals surface area contributed by atoms with Crippen LogP contribution >= 0.6 is 0 Å². The molecule has 0 aliphatic heterocycles. The van der Waals surface area contributed by atoms with E-state index in [4.69, 9.17) is 9.47 Å². The molecule has 0 radical (unpaired) electrons. The number of fused-ring (bicyclic) bond motifs is 1. The zero-order chi connectivity index (χ0) is 22.8. The molecule has 0 spiro atoms. The molecular weight excluding hydrogens is 400 g/mol. The van der Waals surface area contributed by atoms with Crippen LogP contribution in [0.25, 0.3) is 10.9 Å². The van der Waals surface area contributed by atoms with E-state index in [2.05, 4.69) is 6.92 Å². The third-order valence-corrected chi connectivity index (χ3v) is 5.10. The molecule has 0 fully saturated rings. The van der Waals surface area contributed by atoms with Crippen LogP contribution in [-0.4, -0.2) is 22.1 Å². The summed E-state index contributed by atoms with van der Waals surface area (Å²) in [7, 11) is 0. The fraction of sp³-hybridized carbons (Fsp3) is 0.565. The Morgan fingerprint density at radius 3 is 2.35 bits per heavy atom. The molecule has 0 amide bonds. The van der Waals surface area contributed by atoms with Crippen molar-refractivity contribution >= 4 is 22.6 Å². The van der Waals surface area contributed by atoms with Crippen LogP contribution in [0, 0.1) is 10.1 Å². The van der Waals surface area contributed by atoms with Crippen LogP contribution in [0.1, 0.15) is 72.1 Å². The number of nitro groups is 1. The minimum absolute atomic E-state index is 0.108. The first kappa shape index (κ1) is 24.4. The highest BCUT2D eigenvalue weighted by atomic mass is 16.6. The van der Waals surface area contributed by atoms with Crippen molar-refractivity contribution in [3.8, 4) is 11.5 Å². The van der Waals surface area contributed by atoms with Gasteiger partial charge in [-0.05, 0) is 18.9 Å². The molecule has 1 heterocycles. The Bertz CT molecular complexity index is 967. The Balaban J connectivity index is 2.54. The van der Waals surface area contributed by atoms with Crippen LogP contribution in [0.4, 0.5) is 5.69 Å². The second-order valence-electron chi connectivity index (χ2n) is 7.64. The van der Waals surface area contributed by atoms with Gasteiger partial charge in [-0.1, -0.05) is 52.4 Å². The first-order valence-electron chi connectivity index (χ1n) is 11.1. The van der Waals surface area contributed by atoms with E-state index in [1.165, 1.54) is 30.0 Å². The number of benzene rings is 1. The Kier molecular flexibility index (Phi) is 9.49.